The first-order valence-corrected chi connectivity index (χ1v) is 8.38. The standard InChI is InChI=1S/C18H22N4O/c1-12-14(13-5-3-2-4-6-13)8-10-22(12)18(23)17-15-11-19-9-7-16(15)20-21-17/h2-6,12,14,19H,7-11H2,1H3,(H,20,21). The molecule has 2 aliphatic rings. The van der Waals surface area contributed by atoms with Crippen molar-refractivity contribution >= 4 is 5.91 Å². The summed E-state index contributed by atoms with van der Waals surface area (Å²) in [5.74, 6) is 0.477. The largest absolute Gasteiger partial charge is 0.334 e. The number of nitrogens with one attached hydrogen (secondary N) is 2. The molecule has 1 aromatic heterocycles. The van der Waals surface area contributed by atoms with E-state index in [1.165, 1.54) is 5.56 Å². The van der Waals surface area contributed by atoms with Crippen molar-refractivity contribution in [1.82, 2.24) is 20.4 Å². The molecule has 1 saturated heterocycles. The van der Waals surface area contributed by atoms with Crippen molar-refractivity contribution in [3.63, 3.8) is 0 Å². The molecule has 1 aromatic carbocycles. The minimum Gasteiger partial charge on any atom is -0.334 e. The Hall–Kier alpha value is -2.14. The maximum atomic E-state index is 13.0. The van der Waals surface area contributed by atoms with Crippen LogP contribution in [0.4, 0.5) is 0 Å². The van der Waals surface area contributed by atoms with Crippen LogP contribution in [-0.4, -0.2) is 40.1 Å². The highest BCUT2D eigenvalue weighted by molar-refractivity contribution is 5.94. The number of benzene rings is 1. The van der Waals surface area contributed by atoms with Crippen LogP contribution < -0.4 is 5.32 Å². The fourth-order valence-electron chi connectivity index (χ4n) is 3.91. The van der Waals surface area contributed by atoms with Gasteiger partial charge in [-0.25, -0.2) is 0 Å². The van der Waals surface area contributed by atoms with Gasteiger partial charge in [0.2, 0.25) is 0 Å². The fourth-order valence-corrected chi connectivity index (χ4v) is 3.91. The third-order valence-corrected chi connectivity index (χ3v) is 5.25. The predicted octanol–water partition coefficient (Wildman–Crippen LogP) is 2.07. The second kappa shape index (κ2) is 5.81. The minimum absolute atomic E-state index is 0.0668. The van der Waals surface area contributed by atoms with Gasteiger partial charge in [-0.2, -0.15) is 5.10 Å². The van der Waals surface area contributed by atoms with Gasteiger partial charge in [-0.1, -0.05) is 30.3 Å². The quantitative estimate of drug-likeness (QED) is 0.893. The Labute approximate surface area is 136 Å². The van der Waals surface area contributed by atoms with Gasteiger partial charge in [-0.05, 0) is 18.9 Å². The fraction of sp³-hybridized carbons (Fsp3) is 0.444. The molecular weight excluding hydrogens is 288 g/mol. The summed E-state index contributed by atoms with van der Waals surface area (Å²) in [6.45, 7) is 4.63. The summed E-state index contributed by atoms with van der Waals surface area (Å²) in [5, 5.41) is 10.7. The van der Waals surface area contributed by atoms with Gasteiger partial charge >= 0.3 is 0 Å². The monoisotopic (exact) mass is 310 g/mol. The van der Waals surface area contributed by atoms with Gasteiger partial charge in [0.25, 0.3) is 5.91 Å². The summed E-state index contributed by atoms with van der Waals surface area (Å²) in [6.07, 6.45) is 1.93. The number of aromatic amines is 1. The Bertz CT molecular complexity index is 709. The van der Waals surface area contributed by atoms with Crippen LogP contribution in [0.25, 0.3) is 0 Å². The van der Waals surface area contributed by atoms with Crippen molar-refractivity contribution in [2.24, 2.45) is 0 Å². The number of hydrogen-bond donors (Lipinski definition) is 2. The number of hydrogen-bond acceptors (Lipinski definition) is 3. The number of H-pyrrole nitrogens is 1. The molecule has 2 atom stereocenters. The zero-order chi connectivity index (χ0) is 15.8. The molecule has 0 saturated carbocycles. The van der Waals surface area contributed by atoms with E-state index in [1.807, 2.05) is 11.0 Å². The number of rotatable bonds is 2. The van der Waals surface area contributed by atoms with E-state index >= 15 is 0 Å². The summed E-state index contributed by atoms with van der Waals surface area (Å²) < 4.78 is 0. The number of nitrogens with zero attached hydrogens (tertiary/aromatic N) is 2. The molecule has 2 aromatic rings. The van der Waals surface area contributed by atoms with Crippen LogP contribution in [0, 0.1) is 0 Å². The van der Waals surface area contributed by atoms with E-state index in [1.54, 1.807) is 0 Å². The molecule has 3 heterocycles. The van der Waals surface area contributed by atoms with Gasteiger partial charge in [0.15, 0.2) is 5.69 Å². The Morgan fingerprint density at radius 2 is 2.13 bits per heavy atom. The zero-order valence-corrected chi connectivity index (χ0v) is 13.4. The van der Waals surface area contributed by atoms with Crippen molar-refractivity contribution in [3.05, 3.63) is 52.8 Å². The number of aromatic nitrogens is 2. The molecule has 0 spiro atoms. The van der Waals surface area contributed by atoms with Gasteiger partial charge in [-0.15, -0.1) is 0 Å². The molecule has 120 valence electrons. The molecule has 0 radical (unpaired) electrons. The second-order valence-electron chi connectivity index (χ2n) is 6.50. The van der Waals surface area contributed by atoms with Crippen LogP contribution in [0.2, 0.25) is 0 Å². The first-order valence-electron chi connectivity index (χ1n) is 8.38. The molecule has 5 nitrogen and oxygen atoms in total. The first-order chi connectivity index (χ1) is 11.3. The Morgan fingerprint density at radius 1 is 1.30 bits per heavy atom. The summed E-state index contributed by atoms with van der Waals surface area (Å²) in [7, 11) is 0. The number of amides is 1. The minimum atomic E-state index is 0.0668. The average molecular weight is 310 g/mol. The molecule has 0 aliphatic carbocycles. The maximum Gasteiger partial charge on any atom is 0.274 e. The highest BCUT2D eigenvalue weighted by Gasteiger charge is 2.37. The molecule has 2 N–H and O–H groups in total. The third-order valence-electron chi connectivity index (χ3n) is 5.25. The Kier molecular flexibility index (Phi) is 3.65. The smallest absolute Gasteiger partial charge is 0.274 e. The third kappa shape index (κ3) is 2.45. The average Bonchev–Trinajstić information content (AvgIpc) is 3.19. The number of fused-ring (bicyclic) bond motifs is 1. The van der Waals surface area contributed by atoms with Gasteiger partial charge in [-0.3, -0.25) is 9.89 Å². The lowest BCUT2D eigenvalue weighted by Crippen LogP contribution is -2.36. The van der Waals surface area contributed by atoms with E-state index in [0.29, 0.717) is 11.6 Å². The van der Waals surface area contributed by atoms with Gasteiger partial charge in [0, 0.05) is 49.3 Å². The van der Waals surface area contributed by atoms with Crippen molar-refractivity contribution in [3.8, 4) is 0 Å². The second-order valence-corrected chi connectivity index (χ2v) is 6.50. The summed E-state index contributed by atoms with van der Waals surface area (Å²) in [4.78, 5) is 15.0. The molecule has 0 bridgehead atoms. The molecule has 1 fully saturated rings. The molecule has 23 heavy (non-hydrogen) atoms. The molecular formula is C18H22N4O. The van der Waals surface area contributed by atoms with Crippen molar-refractivity contribution < 1.29 is 4.79 Å². The van der Waals surface area contributed by atoms with Crippen LogP contribution in [0.5, 0.6) is 0 Å². The SMILES string of the molecule is CC1C(c2ccccc2)CCN1C(=O)c1n[nH]c2c1CNCC2. The van der Waals surface area contributed by atoms with Gasteiger partial charge in [0.05, 0.1) is 0 Å². The summed E-state index contributed by atoms with van der Waals surface area (Å²) >= 11 is 0. The molecule has 5 heteroatoms. The van der Waals surface area contributed by atoms with Crippen molar-refractivity contribution in [2.45, 2.75) is 38.3 Å². The van der Waals surface area contributed by atoms with Crippen LogP contribution in [0.1, 0.15) is 46.6 Å². The lowest BCUT2D eigenvalue weighted by molar-refractivity contribution is 0.0735. The molecule has 1 amide bonds. The first kappa shape index (κ1) is 14.5. The number of likely N-dealkylation sites (tertiary alicyclic amines) is 1. The number of carbonyl (C=O) groups excluding carboxylic acids is 1. The Morgan fingerprint density at radius 3 is 2.96 bits per heavy atom. The molecule has 4 rings (SSSR count). The lowest BCUT2D eigenvalue weighted by atomic mass is 9.93. The Balaban J connectivity index is 1.57. The van der Waals surface area contributed by atoms with E-state index < -0.39 is 0 Å². The predicted molar refractivity (Wildman–Crippen MR) is 88.3 cm³/mol. The number of carbonyl (C=O) groups is 1. The molecule has 2 unspecified atom stereocenters. The highest BCUT2D eigenvalue weighted by Crippen LogP contribution is 2.34. The summed E-state index contributed by atoms with van der Waals surface area (Å²) in [5.41, 5.74) is 4.09. The van der Waals surface area contributed by atoms with E-state index in [-0.39, 0.29) is 11.9 Å². The van der Waals surface area contributed by atoms with Crippen LogP contribution in [0.3, 0.4) is 0 Å². The highest BCUT2D eigenvalue weighted by atomic mass is 16.2. The van der Waals surface area contributed by atoms with Gasteiger partial charge in [0.1, 0.15) is 0 Å². The van der Waals surface area contributed by atoms with Crippen molar-refractivity contribution in [2.75, 3.05) is 13.1 Å². The zero-order valence-electron chi connectivity index (χ0n) is 13.4. The topological polar surface area (TPSA) is 61.0 Å². The van der Waals surface area contributed by atoms with Crippen LogP contribution in [-0.2, 0) is 13.0 Å². The lowest BCUT2D eigenvalue weighted by Gasteiger charge is -2.25. The van der Waals surface area contributed by atoms with E-state index in [2.05, 4.69) is 46.7 Å². The van der Waals surface area contributed by atoms with Crippen molar-refractivity contribution in [1.29, 1.82) is 0 Å². The van der Waals surface area contributed by atoms with Crippen LogP contribution in [0.15, 0.2) is 30.3 Å². The normalized spacial score (nSPS) is 23.8. The summed E-state index contributed by atoms with van der Waals surface area (Å²) in [6, 6.07) is 10.7. The maximum absolute atomic E-state index is 13.0. The molecule has 2 aliphatic heterocycles. The van der Waals surface area contributed by atoms with E-state index in [0.717, 1.165) is 43.7 Å². The van der Waals surface area contributed by atoms with E-state index in [9.17, 15) is 4.79 Å². The van der Waals surface area contributed by atoms with Gasteiger partial charge < -0.3 is 10.2 Å². The van der Waals surface area contributed by atoms with Crippen LogP contribution >= 0.6 is 0 Å². The van der Waals surface area contributed by atoms with E-state index in [4.69, 9.17) is 0 Å².